The number of hydrogen-bond acceptors (Lipinski definition) is 4. The predicted octanol–water partition coefficient (Wildman–Crippen LogP) is 0.636. The molecule has 0 N–H and O–H groups in total. The molecule has 0 bridgehead atoms. The molecule has 0 spiro atoms. The topological polar surface area (TPSA) is 76.7 Å². The Morgan fingerprint density at radius 3 is 3.08 bits per heavy atom. The number of aromatic nitrogens is 3. The molecule has 6 nitrogen and oxygen atoms in total. The highest BCUT2D eigenvalue weighted by Crippen LogP contribution is 2.01. The van der Waals surface area contributed by atoms with Gasteiger partial charge in [0.15, 0.2) is 0 Å². The van der Waals surface area contributed by atoms with Crippen LogP contribution in [0.2, 0.25) is 0 Å². The summed E-state index contributed by atoms with van der Waals surface area (Å²) in [5, 5.41) is 2.26. The van der Waals surface area contributed by atoms with E-state index in [9.17, 15) is 9.70 Å². The number of fused-ring (bicyclic) bond motifs is 1. The van der Waals surface area contributed by atoms with Gasteiger partial charge in [0.2, 0.25) is 5.78 Å². The van der Waals surface area contributed by atoms with Crippen molar-refractivity contribution < 1.29 is 4.79 Å². The standard InChI is InChI=1S/C7H4N4O2/c12-6(10-13)5-1-3-11-4-2-8-7(11)9-5/h1-4H. The summed E-state index contributed by atoms with van der Waals surface area (Å²) in [5.74, 6) is -0.514. The van der Waals surface area contributed by atoms with Crippen LogP contribution in [0.3, 0.4) is 0 Å². The van der Waals surface area contributed by atoms with Crippen LogP contribution in [0.25, 0.3) is 5.78 Å². The number of carbonyl (C=O) groups is 1. The highest BCUT2D eigenvalue weighted by Gasteiger charge is 2.07. The van der Waals surface area contributed by atoms with Crippen molar-refractivity contribution in [1.29, 1.82) is 0 Å². The molecule has 2 aromatic rings. The zero-order valence-electron chi connectivity index (χ0n) is 6.41. The molecule has 0 saturated heterocycles. The Labute approximate surface area is 72.2 Å². The van der Waals surface area contributed by atoms with Crippen molar-refractivity contribution in [3.8, 4) is 0 Å². The van der Waals surface area contributed by atoms with Gasteiger partial charge in [-0.1, -0.05) is 0 Å². The van der Waals surface area contributed by atoms with Crippen molar-refractivity contribution in [2.45, 2.75) is 0 Å². The van der Waals surface area contributed by atoms with Gasteiger partial charge in [-0.05, 0) is 6.07 Å². The van der Waals surface area contributed by atoms with Gasteiger partial charge in [0.1, 0.15) is 5.69 Å². The molecule has 1 amide bonds. The summed E-state index contributed by atoms with van der Waals surface area (Å²) in [6, 6.07) is 1.42. The Morgan fingerprint density at radius 2 is 2.31 bits per heavy atom. The fourth-order valence-electron chi connectivity index (χ4n) is 0.970. The van der Waals surface area contributed by atoms with Crippen LogP contribution in [0.1, 0.15) is 10.5 Å². The first-order valence-electron chi connectivity index (χ1n) is 3.48. The van der Waals surface area contributed by atoms with Gasteiger partial charge in [-0.3, -0.25) is 9.20 Å². The Morgan fingerprint density at radius 1 is 1.46 bits per heavy atom. The molecule has 0 atom stereocenters. The summed E-state index contributed by atoms with van der Waals surface area (Å²) >= 11 is 0. The Hall–Kier alpha value is -2.11. The summed E-state index contributed by atoms with van der Waals surface area (Å²) in [4.78, 5) is 28.4. The largest absolute Gasteiger partial charge is 0.335 e. The van der Waals surface area contributed by atoms with E-state index >= 15 is 0 Å². The van der Waals surface area contributed by atoms with E-state index in [4.69, 9.17) is 0 Å². The van der Waals surface area contributed by atoms with Crippen LogP contribution in [0.15, 0.2) is 29.8 Å². The molecule has 0 fully saturated rings. The quantitative estimate of drug-likeness (QED) is 0.597. The second-order valence-corrected chi connectivity index (χ2v) is 2.34. The lowest BCUT2D eigenvalue weighted by molar-refractivity contribution is 0.0996. The summed E-state index contributed by atoms with van der Waals surface area (Å²) in [6.07, 6.45) is 4.82. The number of imidazole rings is 1. The average Bonchev–Trinajstić information content (AvgIpc) is 2.63. The molecule has 0 aliphatic carbocycles. The third kappa shape index (κ3) is 1.18. The van der Waals surface area contributed by atoms with Crippen molar-refractivity contribution >= 4 is 11.7 Å². The number of hydrogen-bond donors (Lipinski definition) is 0. The maximum absolute atomic E-state index is 10.8. The van der Waals surface area contributed by atoms with Crippen molar-refractivity contribution in [2.75, 3.05) is 0 Å². The van der Waals surface area contributed by atoms with Crippen LogP contribution >= 0.6 is 0 Å². The Kier molecular flexibility index (Phi) is 1.59. The van der Waals surface area contributed by atoms with Crippen LogP contribution in [-0.2, 0) is 0 Å². The molecule has 0 aromatic carbocycles. The van der Waals surface area contributed by atoms with Gasteiger partial charge in [-0.25, -0.2) is 9.97 Å². The lowest BCUT2D eigenvalue weighted by Gasteiger charge is -1.93. The molecule has 6 heteroatoms. The van der Waals surface area contributed by atoms with Gasteiger partial charge < -0.3 is 0 Å². The van der Waals surface area contributed by atoms with Crippen molar-refractivity contribution in [3.05, 3.63) is 35.3 Å². The van der Waals surface area contributed by atoms with Gasteiger partial charge >= 0.3 is 5.91 Å². The van der Waals surface area contributed by atoms with E-state index in [2.05, 4.69) is 15.1 Å². The second kappa shape index (κ2) is 2.74. The zero-order valence-corrected chi connectivity index (χ0v) is 6.41. The number of carbonyl (C=O) groups excluding carboxylic acids is 1. The SMILES string of the molecule is O=NC(=O)c1ccn2ccnc2n1. The van der Waals surface area contributed by atoms with E-state index in [0.29, 0.717) is 5.78 Å². The minimum Gasteiger partial charge on any atom is -0.291 e. The lowest BCUT2D eigenvalue weighted by atomic mass is 10.4. The molecule has 2 aromatic heterocycles. The van der Waals surface area contributed by atoms with E-state index in [1.165, 1.54) is 6.07 Å². The minimum absolute atomic E-state index is 0.00806. The summed E-state index contributed by atoms with van der Waals surface area (Å²) in [6.45, 7) is 0. The maximum Gasteiger partial charge on any atom is 0.335 e. The molecule has 64 valence electrons. The van der Waals surface area contributed by atoms with Crippen molar-refractivity contribution in [2.24, 2.45) is 5.18 Å². The Bertz CT molecular complexity index is 476. The van der Waals surface area contributed by atoms with E-state index in [1.807, 2.05) is 0 Å². The number of rotatable bonds is 1. The van der Waals surface area contributed by atoms with E-state index in [0.717, 1.165) is 0 Å². The normalized spacial score (nSPS) is 10.2. The lowest BCUT2D eigenvalue weighted by Crippen LogP contribution is -1.99. The molecule has 0 unspecified atom stereocenters. The highest BCUT2D eigenvalue weighted by molar-refractivity contribution is 5.93. The Balaban J connectivity index is 2.60. The fraction of sp³-hybridized carbons (Fsp3) is 0. The number of amides is 1. The van der Waals surface area contributed by atoms with Gasteiger partial charge in [0, 0.05) is 23.8 Å². The summed E-state index contributed by atoms with van der Waals surface area (Å²) < 4.78 is 1.63. The predicted molar refractivity (Wildman–Crippen MR) is 43.1 cm³/mol. The number of nitrogens with zero attached hydrogens (tertiary/aromatic N) is 4. The molecular weight excluding hydrogens is 172 g/mol. The van der Waals surface area contributed by atoms with E-state index in [1.54, 1.807) is 23.0 Å². The average molecular weight is 176 g/mol. The summed E-state index contributed by atoms with van der Waals surface area (Å²) in [5.41, 5.74) is 0.00806. The van der Waals surface area contributed by atoms with Crippen LogP contribution < -0.4 is 0 Å². The van der Waals surface area contributed by atoms with Crippen molar-refractivity contribution in [1.82, 2.24) is 14.4 Å². The fourth-order valence-corrected chi connectivity index (χ4v) is 0.970. The molecule has 13 heavy (non-hydrogen) atoms. The zero-order chi connectivity index (χ0) is 9.26. The van der Waals surface area contributed by atoms with E-state index in [-0.39, 0.29) is 5.69 Å². The van der Waals surface area contributed by atoms with Crippen LogP contribution in [0.5, 0.6) is 0 Å². The molecule has 0 aliphatic heterocycles. The summed E-state index contributed by atoms with van der Waals surface area (Å²) in [7, 11) is 0. The molecule has 0 radical (unpaired) electrons. The van der Waals surface area contributed by atoms with Gasteiger partial charge in [0.05, 0.1) is 0 Å². The molecular formula is C7H4N4O2. The van der Waals surface area contributed by atoms with E-state index < -0.39 is 5.91 Å². The van der Waals surface area contributed by atoms with Gasteiger partial charge in [-0.2, -0.15) is 0 Å². The van der Waals surface area contributed by atoms with Gasteiger partial charge in [-0.15, -0.1) is 4.91 Å². The van der Waals surface area contributed by atoms with Crippen molar-refractivity contribution in [3.63, 3.8) is 0 Å². The monoisotopic (exact) mass is 176 g/mol. The van der Waals surface area contributed by atoms with Crippen LogP contribution in [0, 0.1) is 4.91 Å². The molecule has 2 rings (SSSR count). The minimum atomic E-state index is -0.884. The highest BCUT2D eigenvalue weighted by atomic mass is 16.3. The molecule has 0 aliphatic rings. The maximum atomic E-state index is 10.8. The second-order valence-electron chi connectivity index (χ2n) is 2.34. The van der Waals surface area contributed by atoms with Gasteiger partial charge in [0.25, 0.3) is 0 Å². The third-order valence-electron chi connectivity index (χ3n) is 1.56. The third-order valence-corrected chi connectivity index (χ3v) is 1.56. The first-order chi connectivity index (χ1) is 6.31. The van der Waals surface area contributed by atoms with Crippen LogP contribution in [-0.4, -0.2) is 20.3 Å². The number of nitroso groups, excluding NO2 is 1. The first-order valence-corrected chi connectivity index (χ1v) is 3.48. The molecule has 0 saturated carbocycles. The first kappa shape index (κ1) is 7.53. The smallest absolute Gasteiger partial charge is 0.291 e. The van der Waals surface area contributed by atoms with Crippen LogP contribution in [0.4, 0.5) is 0 Å². The molecule has 2 heterocycles.